The number of aliphatic hydroxyl groups is 8. The standard InChI is InChI=1S/C44H68O17/c1-18-6-11-44(54-17-18)19(2)30-26(61-44)14-24-29-23(8-10-43(24,30)5)42(4)9-7-22(12-21(42)13-25(29)47)56-41-38(60-39-35(52)33(50)31(48)20(3)55-39)36(53)37(28(16-46)58-41)59-40-34(51)32(49)27(15-45)57-40/h13,18-20,22-24,26-41,45-46,48-53H,6-12,14-17H2,1-5H3/t18-,19+,20+,22+,23?,24?,26+,27+,28-,29?,30?,31+,32+,33-,34-,35-,36+,37-,38-,39+,40+,41-,42+,43+,44-/m1/s1. The largest absolute Gasteiger partial charge is 0.394 e. The van der Waals surface area contributed by atoms with E-state index in [1.807, 2.05) is 6.08 Å². The minimum Gasteiger partial charge on any atom is -0.394 e. The molecule has 5 heterocycles. The van der Waals surface area contributed by atoms with E-state index < -0.39 is 111 Å². The number of carbonyl (C=O) groups is 1. The van der Waals surface area contributed by atoms with E-state index in [-0.39, 0.29) is 46.4 Å². The van der Waals surface area contributed by atoms with Crippen LogP contribution in [0.3, 0.4) is 0 Å². The molecule has 61 heavy (non-hydrogen) atoms. The van der Waals surface area contributed by atoms with Crippen LogP contribution in [0, 0.1) is 46.3 Å². The van der Waals surface area contributed by atoms with Crippen molar-refractivity contribution in [2.75, 3.05) is 19.8 Å². The van der Waals surface area contributed by atoms with Crippen molar-refractivity contribution in [3.63, 3.8) is 0 Å². The van der Waals surface area contributed by atoms with Gasteiger partial charge in [-0.1, -0.05) is 33.3 Å². The van der Waals surface area contributed by atoms with E-state index in [4.69, 9.17) is 37.9 Å². The number of rotatable bonds is 8. The normalized spacial score (nSPS) is 57.0. The van der Waals surface area contributed by atoms with Crippen LogP contribution in [0.2, 0.25) is 0 Å². The van der Waals surface area contributed by atoms with Crippen LogP contribution >= 0.6 is 0 Å². The molecule has 4 unspecified atom stereocenters. The van der Waals surface area contributed by atoms with Crippen LogP contribution in [-0.4, -0.2) is 170 Å². The molecule has 8 fully saturated rings. The molecule has 5 aliphatic heterocycles. The SMILES string of the molecule is C[C@@H]1CC[C@@]2(OC1)O[C@H]1CC3C4C(=O)C=C5C[C@@H](O[C@@H]6O[C@H](CO)[C@@H](O[C@@H]7O[C@@H](CO)[C@H](O)[C@H]7O)[C@H](O)[C@H]6O[C@@H]6O[C@@H](C)[C@H](O)[C@@H](O)[C@H]6O)CC[C@]5(C)C4CC[C@]3(C)C1[C@@H]2C. The van der Waals surface area contributed by atoms with Crippen LogP contribution in [0.1, 0.15) is 86.0 Å². The summed E-state index contributed by atoms with van der Waals surface area (Å²) in [6.07, 6.45) is -12.6. The van der Waals surface area contributed by atoms with Crippen LogP contribution in [0.15, 0.2) is 11.6 Å². The van der Waals surface area contributed by atoms with Crippen molar-refractivity contribution >= 4 is 5.78 Å². The minimum absolute atomic E-state index is 0.0400. The van der Waals surface area contributed by atoms with E-state index in [1.165, 1.54) is 6.92 Å². The van der Waals surface area contributed by atoms with Crippen molar-refractivity contribution in [2.45, 2.75) is 190 Å². The summed E-state index contributed by atoms with van der Waals surface area (Å²) in [4.78, 5) is 14.5. The maximum absolute atomic E-state index is 14.5. The zero-order chi connectivity index (χ0) is 43.5. The van der Waals surface area contributed by atoms with Gasteiger partial charge < -0.3 is 78.7 Å². The molecule has 17 nitrogen and oxygen atoms in total. The Morgan fingerprint density at radius 1 is 0.721 bits per heavy atom. The Labute approximate surface area is 356 Å². The summed E-state index contributed by atoms with van der Waals surface area (Å²) in [5.41, 5.74) is 0.706. The van der Waals surface area contributed by atoms with E-state index in [0.717, 1.165) is 44.1 Å². The lowest BCUT2D eigenvalue weighted by Gasteiger charge is -2.58. The predicted octanol–water partition coefficient (Wildman–Crippen LogP) is 0.0322. The van der Waals surface area contributed by atoms with E-state index in [0.29, 0.717) is 31.3 Å². The molecule has 8 N–H and O–H groups in total. The second-order valence-electron chi connectivity index (χ2n) is 20.6. The van der Waals surface area contributed by atoms with Crippen LogP contribution in [0.5, 0.6) is 0 Å². The summed E-state index contributed by atoms with van der Waals surface area (Å²) >= 11 is 0. The van der Waals surface area contributed by atoms with Gasteiger partial charge in [0.25, 0.3) is 0 Å². The molecule has 0 aromatic carbocycles. The van der Waals surface area contributed by atoms with Gasteiger partial charge in [0.1, 0.15) is 61.0 Å². The fraction of sp³-hybridized carbons (Fsp3) is 0.932. The molecule has 0 radical (unpaired) electrons. The molecule has 0 amide bonds. The summed E-state index contributed by atoms with van der Waals surface area (Å²) in [6.45, 7) is 10.1. The van der Waals surface area contributed by atoms with Crippen molar-refractivity contribution in [3.05, 3.63) is 11.6 Å². The Kier molecular flexibility index (Phi) is 12.2. The Balaban J connectivity index is 0.930. The fourth-order valence-corrected chi connectivity index (χ4v) is 13.6. The van der Waals surface area contributed by atoms with Gasteiger partial charge in [0.05, 0.1) is 38.1 Å². The number of allylic oxidation sites excluding steroid dienone is 1. The van der Waals surface area contributed by atoms with Crippen molar-refractivity contribution in [1.82, 2.24) is 0 Å². The molecule has 17 heteroatoms. The molecule has 0 aromatic rings. The summed E-state index contributed by atoms with van der Waals surface area (Å²) < 4.78 is 49.5. The van der Waals surface area contributed by atoms with Gasteiger partial charge in [0, 0.05) is 18.3 Å². The number of carbonyl (C=O) groups excluding carboxylic acids is 1. The fourth-order valence-electron chi connectivity index (χ4n) is 13.6. The number of aliphatic hydroxyl groups excluding tert-OH is 8. The average Bonchev–Trinajstić information content (AvgIpc) is 3.80. The second kappa shape index (κ2) is 16.6. The molecule has 0 aromatic heterocycles. The first kappa shape index (κ1) is 44.9. The first-order chi connectivity index (χ1) is 28.9. The Morgan fingerprint density at radius 2 is 1.41 bits per heavy atom. The number of hydrogen-bond acceptors (Lipinski definition) is 17. The lowest BCUT2D eigenvalue weighted by molar-refractivity contribution is -0.380. The topological polar surface area (TPSA) is 253 Å². The Hall–Kier alpha value is -1.23. The number of hydrogen-bond donors (Lipinski definition) is 8. The van der Waals surface area contributed by atoms with Gasteiger partial charge in [-0.05, 0) is 92.4 Å². The highest BCUT2D eigenvalue weighted by molar-refractivity contribution is 5.94. The molecule has 1 spiro atoms. The van der Waals surface area contributed by atoms with E-state index in [9.17, 15) is 45.6 Å². The summed E-state index contributed by atoms with van der Waals surface area (Å²) in [5, 5.41) is 84.8. The van der Waals surface area contributed by atoms with Crippen molar-refractivity contribution in [3.8, 4) is 0 Å². The smallest absolute Gasteiger partial charge is 0.187 e. The molecule has 0 bridgehead atoms. The summed E-state index contributed by atoms with van der Waals surface area (Å²) in [7, 11) is 0. The molecule has 4 aliphatic carbocycles. The van der Waals surface area contributed by atoms with Gasteiger partial charge in [-0.2, -0.15) is 0 Å². The number of ether oxygens (including phenoxy) is 8. The summed E-state index contributed by atoms with van der Waals surface area (Å²) in [6, 6.07) is 0. The monoisotopic (exact) mass is 868 g/mol. The average molecular weight is 869 g/mol. The van der Waals surface area contributed by atoms with Gasteiger partial charge >= 0.3 is 0 Å². The van der Waals surface area contributed by atoms with Crippen molar-refractivity contribution in [2.24, 2.45) is 46.3 Å². The van der Waals surface area contributed by atoms with Crippen molar-refractivity contribution < 1.29 is 83.5 Å². The predicted molar refractivity (Wildman–Crippen MR) is 209 cm³/mol. The van der Waals surface area contributed by atoms with Gasteiger partial charge in [-0.3, -0.25) is 4.79 Å². The maximum atomic E-state index is 14.5. The lowest BCUT2D eigenvalue weighted by atomic mass is 9.46. The van der Waals surface area contributed by atoms with Crippen LogP contribution in [0.4, 0.5) is 0 Å². The Morgan fingerprint density at radius 3 is 2.10 bits per heavy atom. The zero-order valence-corrected chi connectivity index (χ0v) is 35.8. The molecule has 3 saturated carbocycles. The Bertz CT molecular complexity index is 1640. The first-order valence-electron chi connectivity index (χ1n) is 22.7. The van der Waals surface area contributed by atoms with Crippen LogP contribution in [-0.2, 0) is 42.7 Å². The van der Waals surface area contributed by atoms with Gasteiger partial charge in [0.2, 0.25) is 0 Å². The minimum atomic E-state index is -1.74. The van der Waals surface area contributed by atoms with E-state index >= 15 is 0 Å². The van der Waals surface area contributed by atoms with Crippen LogP contribution < -0.4 is 0 Å². The van der Waals surface area contributed by atoms with E-state index in [2.05, 4.69) is 27.7 Å². The van der Waals surface area contributed by atoms with Gasteiger partial charge in [-0.15, -0.1) is 0 Å². The zero-order valence-electron chi connectivity index (χ0n) is 35.8. The molecule has 9 aliphatic rings. The molecule has 9 rings (SSSR count). The quantitative estimate of drug-likeness (QED) is 0.160. The molecular formula is C44H68O17. The van der Waals surface area contributed by atoms with Crippen molar-refractivity contribution in [1.29, 1.82) is 0 Å². The highest BCUT2D eigenvalue weighted by atomic mass is 16.8. The third-order valence-corrected chi connectivity index (χ3v) is 17.2. The lowest BCUT2D eigenvalue weighted by Crippen LogP contribution is -2.65. The van der Waals surface area contributed by atoms with Crippen LogP contribution in [0.25, 0.3) is 0 Å². The molecular weight excluding hydrogens is 800 g/mol. The highest BCUT2D eigenvalue weighted by Gasteiger charge is 2.70. The highest BCUT2D eigenvalue weighted by Crippen LogP contribution is 2.70. The van der Waals surface area contributed by atoms with Gasteiger partial charge in [-0.25, -0.2) is 0 Å². The maximum Gasteiger partial charge on any atom is 0.187 e. The number of ketones is 1. The summed E-state index contributed by atoms with van der Waals surface area (Å²) in [5.74, 6) is 0.955. The second-order valence-corrected chi connectivity index (χ2v) is 20.6. The number of fused-ring (bicyclic) bond motifs is 7. The third kappa shape index (κ3) is 7.24. The third-order valence-electron chi connectivity index (χ3n) is 17.2. The van der Waals surface area contributed by atoms with E-state index in [1.54, 1.807) is 0 Å². The molecule has 25 atom stereocenters. The first-order valence-corrected chi connectivity index (χ1v) is 22.7. The molecule has 346 valence electrons. The molecule has 5 saturated heterocycles. The van der Waals surface area contributed by atoms with Gasteiger partial charge in [0.15, 0.2) is 30.4 Å².